The molecule has 1 unspecified atom stereocenters. The summed E-state index contributed by atoms with van der Waals surface area (Å²) < 4.78 is 0. The van der Waals surface area contributed by atoms with E-state index in [4.69, 9.17) is 11.6 Å². The van der Waals surface area contributed by atoms with Crippen LogP contribution in [0.1, 0.15) is 17.2 Å². The van der Waals surface area contributed by atoms with Crippen LogP contribution >= 0.6 is 11.6 Å². The maximum atomic E-state index is 5.90. The van der Waals surface area contributed by atoms with E-state index in [-0.39, 0.29) is 6.04 Å². The van der Waals surface area contributed by atoms with Crippen LogP contribution in [0.3, 0.4) is 0 Å². The molecular formula is C14H11ClN2. The van der Waals surface area contributed by atoms with E-state index in [9.17, 15) is 0 Å². The van der Waals surface area contributed by atoms with Crippen molar-refractivity contribution >= 4 is 23.6 Å². The number of fused-ring (bicyclic) bond motifs is 1. The summed E-state index contributed by atoms with van der Waals surface area (Å²) >= 11 is 5.90. The first-order valence-electron chi connectivity index (χ1n) is 5.47. The Hall–Kier alpha value is -1.80. The molecule has 1 aliphatic heterocycles. The normalized spacial score (nSPS) is 17.4. The van der Waals surface area contributed by atoms with Crippen molar-refractivity contribution in [3.05, 3.63) is 64.7 Å². The molecule has 2 aromatic rings. The lowest BCUT2D eigenvalue weighted by Gasteiger charge is -2.21. The number of anilines is 1. The molecule has 1 aliphatic rings. The standard InChI is InChI=1S/C14H11ClN2/c15-11-7-5-10(6-8-11)14-12-3-1-2-4-13(12)16-9-17-14/h1-9,14H,(H,16,17). The van der Waals surface area contributed by atoms with E-state index in [1.54, 1.807) is 6.34 Å². The van der Waals surface area contributed by atoms with E-state index in [1.165, 1.54) is 5.56 Å². The van der Waals surface area contributed by atoms with Crippen LogP contribution in [0.15, 0.2) is 53.5 Å². The molecule has 0 bridgehead atoms. The molecule has 1 heterocycles. The number of nitrogens with one attached hydrogen (secondary N) is 1. The zero-order chi connectivity index (χ0) is 11.7. The van der Waals surface area contributed by atoms with Crippen LogP contribution in [0.4, 0.5) is 5.69 Å². The number of benzene rings is 2. The summed E-state index contributed by atoms with van der Waals surface area (Å²) in [5.41, 5.74) is 3.46. The summed E-state index contributed by atoms with van der Waals surface area (Å²) in [4.78, 5) is 4.49. The molecule has 3 heteroatoms. The molecule has 0 saturated carbocycles. The van der Waals surface area contributed by atoms with E-state index >= 15 is 0 Å². The summed E-state index contributed by atoms with van der Waals surface area (Å²) in [7, 11) is 0. The van der Waals surface area contributed by atoms with Gasteiger partial charge in [-0.25, -0.2) is 0 Å². The third-order valence-corrected chi connectivity index (χ3v) is 3.14. The van der Waals surface area contributed by atoms with Gasteiger partial charge in [0.15, 0.2) is 0 Å². The van der Waals surface area contributed by atoms with E-state index in [1.807, 2.05) is 36.4 Å². The van der Waals surface area contributed by atoms with Crippen molar-refractivity contribution in [2.45, 2.75) is 6.04 Å². The molecule has 84 valence electrons. The quantitative estimate of drug-likeness (QED) is 0.806. The van der Waals surface area contributed by atoms with Crippen molar-refractivity contribution < 1.29 is 0 Å². The van der Waals surface area contributed by atoms with Gasteiger partial charge in [-0.2, -0.15) is 0 Å². The second kappa shape index (κ2) is 4.22. The number of nitrogens with zero attached hydrogens (tertiary/aromatic N) is 1. The summed E-state index contributed by atoms with van der Waals surface area (Å²) in [5.74, 6) is 0. The molecule has 2 nitrogen and oxygen atoms in total. The second-order valence-corrected chi connectivity index (χ2v) is 4.40. The minimum Gasteiger partial charge on any atom is -0.346 e. The highest BCUT2D eigenvalue weighted by molar-refractivity contribution is 6.30. The average molecular weight is 243 g/mol. The molecule has 2 aromatic carbocycles. The minimum absolute atomic E-state index is 0.0599. The largest absolute Gasteiger partial charge is 0.346 e. The van der Waals surface area contributed by atoms with Crippen molar-refractivity contribution in [1.29, 1.82) is 0 Å². The summed E-state index contributed by atoms with van der Waals surface area (Å²) in [6, 6.07) is 16.1. The molecule has 1 N–H and O–H groups in total. The number of rotatable bonds is 1. The Bertz CT molecular complexity index is 561. The van der Waals surface area contributed by atoms with Gasteiger partial charge in [-0.05, 0) is 23.8 Å². The zero-order valence-electron chi connectivity index (χ0n) is 9.10. The van der Waals surface area contributed by atoms with Crippen molar-refractivity contribution in [2.24, 2.45) is 4.99 Å². The summed E-state index contributed by atoms with van der Waals surface area (Å²) in [6.07, 6.45) is 1.75. The molecule has 0 fully saturated rings. The Morgan fingerprint density at radius 2 is 1.76 bits per heavy atom. The number of para-hydroxylation sites is 1. The lowest BCUT2D eigenvalue weighted by atomic mass is 9.97. The molecule has 0 amide bonds. The SMILES string of the molecule is Clc1ccc(C2N=CNc3ccccc32)cc1. The molecule has 17 heavy (non-hydrogen) atoms. The van der Waals surface area contributed by atoms with Gasteiger partial charge in [-0.1, -0.05) is 41.9 Å². The van der Waals surface area contributed by atoms with Gasteiger partial charge in [0.25, 0.3) is 0 Å². The van der Waals surface area contributed by atoms with Crippen LogP contribution in [0, 0.1) is 0 Å². The van der Waals surface area contributed by atoms with Crippen LogP contribution in [0.2, 0.25) is 5.02 Å². The van der Waals surface area contributed by atoms with Crippen LogP contribution in [-0.4, -0.2) is 6.34 Å². The number of hydrogen-bond donors (Lipinski definition) is 1. The Labute approximate surface area is 105 Å². The van der Waals surface area contributed by atoms with Gasteiger partial charge in [0.2, 0.25) is 0 Å². The molecule has 0 aliphatic carbocycles. The summed E-state index contributed by atoms with van der Waals surface area (Å²) in [6.45, 7) is 0. The number of hydrogen-bond acceptors (Lipinski definition) is 2. The highest BCUT2D eigenvalue weighted by Gasteiger charge is 2.18. The average Bonchev–Trinajstić information content (AvgIpc) is 2.39. The van der Waals surface area contributed by atoms with Crippen molar-refractivity contribution in [3.63, 3.8) is 0 Å². The fourth-order valence-corrected chi connectivity index (χ4v) is 2.17. The lowest BCUT2D eigenvalue weighted by molar-refractivity contribution is 0.870. The van der Waals surface area contributed by atoms with Crippen LogP contribution in [0.5, 0.6) is 0 Å². The Balaban J connectivity index is 2.06. The zero-order valence-corrected chi connectivity index (χ0v) is 9.85. The first-order valence-corrected chi connectivity index (χ1v) is 5.85. The molecule has 0 spiro atoms. The minimum atomic E-state index is 0.0599. The molecule has 0 saturated heterocycles. The van der Waals surface area contributed by atoms with Gasteiger partial charge in [0.1, 0.15) is 6.04 Å². The Morgan fingerprint density at radius 1 is 1.00 bits per heavy atom. The van der Waals surface area contributed by atoms with Crippen LogP contribution in [-0.2, 0) is 0 Å². The van der Waals surface area contributed by atoms with Gasteiger partial charge in [-0.3, -0.25) is 4.99 Å². The topological polar surface area (TPSA) is 24.4 Å². The maximum absolute atomic E-state index is 5.90. The summed E-state index contributed by atoms with van der Waals surface area (Å²) in [5, 5.41) is 3.91. The smallest absolute Gasteiger partial charge is 0.104 e. The monoisotopic (exact) mass is 242 g/mol. The van der Waals surface area contributed by atoms with Crippen LogP contribution < -0.4 is 5.32 Å². The van der Waals surface area contributed by atoms with Crippen LogP contribution in [0.25, 0.3) is 0 Å². The second-order valence-electron chi connectivity index (χ2n) is 3.96. The predicted octanol–water partition coefficient (Wildman–Crippen LogP) is 3.88. The molecule has 1 atom stereocenters. The van der Waals surface area contributed by atoms with Crippen molar-refractivity contribution in [3.8, 4) is 0 Å². The number of aliphatic imine (C=N–C) groups is 1. The molecular weight excluding hydrogens is 232 g/mol. The first-order chi connectivity index (χ1) is 8.34. The molecule has 0 radical (unpaired) electrons. The fourth-order valence-electron chi connectivity index (χ4n) is 2.04. The number of halogens is 1. The molecule has 0 aromatic heterocycles. The predicted molar refractivity (Wildman–Crippen MR) is 71.9 cm³/mol. The molecule has 3 rings (SSSR count). The van der Waals surface area contributed by atoms with E-state index in [0.29, 0.717) is 0 Å². The van der Waals surface area contributed by atoms with Gasteiger partial charge in [0, 0.05) is 16.3 Å². The first kappa shape index (κ1) is 10.4. The highest BCUT2D eigenvalue weighted by Crippen LogP contribution is 2.33. The van der Waals surface area contributed by atoms with Gasteiger partial charge in [-0.15, -0.1) is 0 Å². The van der Waals surface area contributed by atoms with E-state index in [0.717, 1.165) is 16.3 Å². The Morgan fingerprint density at radius 3 is 2.59 bits per heavy atom. The van der Waals surface area contributed by atoms with Gasteiger partial charge in [0.05, 0.1) is 6.34 Å². The third-order valence-electron chi connectivity index (χ3n) is 2.88. The van der Waals surface area contributed by atoms with Gasteiger partial charge >= 0.3 is 0 Å². The maximum Gasteiger partial charge on any atom is 0.104 e. The van der Waals surface area contributed by atoms with Crippen molar-refractivity contribution in [2.75, 3.05) is 5.32 Å². The third kappa shape index (κ3) is 1.92. The van der Waals surface area contributed by atoms with Crippen molar-refractivity contribution in [1.82, 2.24) is 0 Å². The fraction of sp³-hybridized carbons (Fsp3) is 0.0714. The van der Waals surface area contributed by atoms with E-state index < -0.39 is 0 Å². The lowest BCUT2D eigenvalue weighted by Crippen LogP contribution is -2.10. The van der Waals surface area contributed by atoms with E-state index in [2.05, 4.69) is 22.4 Å². The Kier molecular flexibility index (Phi) is 2.57. The van der Waals surface area contributed by atoms with Gasteiger partial charge < -0.3 is 5.32 Å². The highest BCUT2D eigenvalue weighted by atomic mass is 35.5.